The van der Waals surface area contributed by atoms with E-state index >= 15 is 0 Å². The van der Waals surface area contributed by atoms with E-state index < -0.39 is 12.4 Å². The van der Waals surface area contributed by atoms with Crippen molar-refractivity contribution in [3.05, 3.63) is 108 Å². The largest absolute Gasteiger partial charge is 0.445 e. The van der Waals surface area contributed by atoms with E-state index in [1.807, 2.05) is 24.3 Å². The maximum atomic E-state index is 11.9. The second-order valence-corrected chi connectivity index (χ2v) is 12.7. The van der Waals surface area contributed by atoms with Crippen LogP contribution in [0.3, 0.4) is 0 Å². The van der Waals surface area contributed by atoms with Crippen molar-refractivity contribution in [1.29, 1.82) is 0 Å². The molecular weight excluding hydrogens is 578 g/mol. The second kappa shape index (κ2) is 15.8. The van der Waals surface area contributed by atoms with Gasteiger partial charge in [-0.1, -0.05) is 73.3 Å². The lowest BCUT2D eigenvalue weighted by atomic mass is 9.98. The molecule has 0 aromatic heterocycles. The number of hydrogen-bond acceptors (Lipinski definition) is 7. The molecule has 0 spiro atoms. The minimum atomic E-state index is -0.509. The molecule has 244 valence electrons. The number of aliphatic hydroxyl groups excluding tert-OH is 1. The molecule has 3 aliphatic rings. The second-order valence-electron chi connectivity index (χ2n) is 12.7. The lowest BCUT2D eigenvalue weighted by Crippen LogP contribution is -2.45. The van der Waals surface area contributed by atoms with E-state index in [2.05, 4.69) is 70.2 Å². The molecule has 3 aromatic rings. The van der Waals surface area contributed by atoms with Gasteiger partial charge in [-0.2, -0.15) is 0 Å². The van der Waals surface area contributed by atoms with Crippen molar-refractivity contribution in [3.8, 4) is 11.1 Å². The van der Waals surface area contributed by atoms with E-state index in [4.69, 9.17) is 14.2 Å². The first-order valence-electron chi connectivity index (χ1n) is 16.8. The Hall–Kier alpha value is -3.53. The smallest absolute Gasteiger partial charge is 0.407 e. The normalized spacial score (nSPS) is 23.8. The molecule has 0 unspecified atom stereocenters. The monoisotopic (exact) mass is 625 g/mol. The Morgan fingerprint density at radius 3 is 2.48 bits per heavy atom. The van der Waals surface area contributed by atoms with E-state index in [1.54, 1.807) is 6.08 Å². The summed E-state index contributed by atoms with van der Waals surface area (Å²) in [5.41, 5.74) is 6.05. The number of nitrogens with zero attached hydrogens (tertiary/aromatic N) is 2. The van der Waals surface area contributed by atoms with Crippen LogP contribution in [0.15, 0.2) is 85.5 Å². The van der Waals surface area contributed by atoms with Gasteiger partial charge < -0.3 is 29.5 Å². The summed E-state index contributed by atoms with van der Waals surface area (Å²) in [5.74, 6) is 0. The van der Waals surface area contributed by atoms with Crippen LogP contribution in [0, 0.1) is 0 Å². The van der Waals surface area contributed by atoms with Crippen molar-refractivity contribution >= 4 is 6.09 Å². The molecule has 0 radical (unpaired) electrons. The third-order valence-corrected chi connectivity index (χ3v) is 9.41. The predicted octanol–water partition coefficient (Wildman–Crippen LogP) is 6.36. The Balaban J connectivity index is 1.19. The highest BCUT2D eigenvalue weighted by molar-refractivity contribution is 5.68. The molecule has 0 saturated carbocycles. The number of alkyl carbamates (subject to hydrolysis) is 1. The Kier molecular flexibility index (Phi) is 11.2. The molecule has 3 saturated heterocycles. The summed E-state index contributed by atoms with van der Waals surface area (Å²) in [6, 6.07) is 25.2. The fourth-order valence-electron chi connectivity index (χ4n) is 6.99. The number of likely N-dealkylation sites (tertiary alicyclic amines) is 2. The van der Waals surface area contributed by atoms with Gasteiger partial charge in [-0.25, -0.2) is 4.79 Å². The SMILES string of the molecule is C=CCOC(=O)NCc1cccc(-c2cccc([C@H]3O[C@@H](CN4CCC[C@H]4CN4CCCC4)C[C@@H](c4ccc(CO)cc4)O3)c2)c1. The highest BCUT2D eigenvalue weighted by Gasteiger charge is 2.36. The van der Waals surface area contributed by atoms with Crippen molar-refractivity contribution in [2.24, 2.45) is 0 Å². The van der Waals surface area contributed by atoms with Crippen LogP contribution in [0.4, 0.5) is 4.79 Å². The van der Waals surface area contributed by atoms with E-state index in [-0.39, 0.29) is 25.4 Å². The van der Waals surface area contributed by atoms with Crippen LogP contribution in [-0.2, 0) is 27.4 Å². The lowest BCUT2D eigenvalue weighted by molar-refractivity contribution is -0.253. The number of amides is 1. The van der Waals surface area contributed by atoms with Gasteiger partial charge in [-0.05, 0) is 85.3 Å². The Morgan fingerprint density at radius 1 is 0.913 bits per heavy atom. The minimum Gasteiger partial charge on any atom is -0.445 e. The van der Waals surface area contributed by atoms with Crippen molar-refractivity contribution in [3.63, 3.8) is 0 Å². The minimum absolute atomic E-state index is 0.0248. The summed E-state index contributed by atoms with van der Waals surface area (Å²) < 4.78 is 18.5. The summed E-state index contributed by atoms with van der Waals surface area (Å²) >= 11 is 0. The average Bonchev–Trinajstić information content (AvgIpc) is 3.79. The topological polar surface area (TPSA) is 83.5 Å². The van der Waals surface area contributed by atoms with Crippen LogP contribution >= 0.6 is 0 Å². The van der Waals surface area contributed by atoms with Gasteiger partial charge in [-0.3, -0.25) is 4.90 Å². The number of carbonyl (C=O) groups is 1. The van der Waals surface area contributed by atoms with Crippen LogP contribution in [0.25, 0.3) is 11.1 Å². The first-order valence-corrected chi connectivity index (χ1v) is 16.8. The van der Waals surface area contributed by atoms with Crippen molar-refractivity contribution in [2.45, 2.75) is 69.8 Å². The van der Waals surface area contributed by atoms with Crippen molar-refractivity contribution < 1.29 is 24.1 Å². The molecule has 3 heterocycles. The quantitative estimate of drug-likeness (QED) is 0.227. The van der Waals surface area contributed by atoms with Crippen molar-refractivity contribution in [2.75, 3.05) is 39.3 Å². The molecule has 1 amide bonds. The molecule has 8 heteroatoms. The molecule has 3 aliphatic heterocycles. The van der Waals surface area contributed by atoms with Gasteiger partial charge in [0.1, 0.15) is 6.61 Å². The van der Waals surface area contributed by atoms with Gasteiger partial charge in [0.15, 0.2) is 6.29 Å². The van der Waals surface area contributed by atoms with E-state index in [0.29, 0.717) is 12.6 Å². The lowest BCUT2D eigenvalue weighted by Gasteiger charge is -2.39. The number of hydrogen-bond donors (Lipinski definition) is 2. The summed E-state index contributed by atoms with van der Waals surface area (Å²) in [7, 11) is 0. The predicted molar refractivity (Wildman–Crippen MR) is 179 cm³/mol. The van der Waals surface area contributed by atoms with Gasteiger partial charge in [0.25, 0.3) is 0 Å². The van der Waals surface area contributed by atoms with Gasteiger partial charge in [0, 0.05) is 37.7 Å². The maximum Gasteiger partial charge on any atom is 0.407 e. The van der Waals surface area contributed by atoms with Gasteiger partial charge in [-0.15, -0.1) is 0 Å². The molecular formula is C38H47N3O5. The molecule has 2 N–H and O–H groups in total. The molecule has 0 aliphatic carbocycles. The third kappa shape index (κ3) is 8.43. The van der Waals surface area contributed by atoms with Crippen LogP contribution < -0.4 is 5.32 Å². The number of benzene rings is 3. The highest BCUT2D eigenvalue weighted by Crippen LogP contribution is 2.39. The van der Waals surface area contributed by atoms with Crippen molar-refractivity contribution in [1.82, 2.24) is 15.1 Å². The van der Waals surface area contributed by atoms with E-state index in [1.165, 1.54) is 38.8 Å². The molecule has 6 rings (SSSR count). The molecule has 3 aromatic carbocycles. The average molecular weight is 626 g/mol. The number of carbonyl (C=O) groups excluding carboxylic acids is 1. The Bertz CT molecular complexity index is 1440. The Labute approximate surface area is 273 Å². The number of nitrogens with one attached hydrogen (secondary N) is 1. The van der Waals surface area contributed by atoms with E-state index in [9.17, 15) is 9.90 Å². The molecule has 3 fully saturated rings. The molecule has 0 bridgehead atoms. The summed E-state index contributed by atoms with van der Waals surface area (Å²) in [5, 5.41) is 12.4. The zero-order chi connectivity index (χ0) is 31.7. The number of aliphatic hydroxyl groups is 1. The Morgan fingerprint density at radius 2 is 1.70 bits per heavy atom. The van der Waals surface area contributed by atoms with Gasteiger partial charge in [0.05, 0.1) is 18.8 Å². The molecule has 46 heavy (non-hydrogen) atoms. The van der Waals surface area contributed by atoms with Crippen LogP contribution in [0.2, 0.25) is 0 Å². The summed E-state index contributed by atoms with van der Waals surface area (Å²) in [4.78, 5) is 17.2. The molecule has 4 atom stereocenters. The number of rotatable bonds is 12. The standard InChI is InChI=1S/C38H47N3O5/c1-2-20-44-38(43)39-24-29-8-5-9-31(21-29)32-10-6-11-33(22-32)37-45-35(23-36(46-37)30-15-13-28(27-42)14-16-30)26-41-19-7-12-34(41)25-40-17-3-4-18-40/h2,5-6,8-11,13-16,21-22,34-37,42H,1,3-4,7,12,17-20,23-27H2,(H,39,43)/t34-,35+,36-,37-/m0/s1. The first kappa shape index (κ1) is 32.4. The highest BCUT2D eigenvalue weighted by atomic mass is 16.7. The van der Waals surface area contributed by atoms with Gasteiger partial charge in [0.2, 0.25) is 0 Å². The molecule has 8 nitrogen and oxygen atoms in total. The zero-order valence-electron chi connectivity index (χ0n) is 26.7. The third-order valence-electron chi connectivity index (χ3n) is 9.41. The fourth-order valence-corrected chi connectivity index (χ4v) is 6.99. The van der Waals surface area contributed by atoms with Crippen LogP contribution in [0.5, 0.6) is 0 Å². The van der Waals surface area contributed by atoms with Crippen LogP contribution in [-0.4, -0.2) is 72.5 Å². The van der Waals surface area contributed by atoms with E-state index in [0.717, 1.165) is 59.4 Å². The maximum absolute atomic E-state index is 11.9. The number of ether oxygens (including phenoxy) is 3. The fraction of sp³-hybridized carbons (Fsp3) is 0.447. The summed E-state index contributed by atoms with van der Waals surface area (Å²) in [6.07, 6.45) is 6.39. The summed E-state index contributed by atoms with van der Waals surface area (Å²) in [6.45, 7) is 9.77. The first-order chi connectivity index (χ1) is 22.6. The zero-order valence-corrected chi connectivity index (χ0v) is 26.7. The van der Waals surface area contributed by atoms with Crippen LogP contribution in [0.1, 0.15) is 66.8 Å². The van der Waals surface area contributed by atoms with Gasteiger partial charge >= 0.3 is 6.09 Å².